The highest BCUT2D eigenvalue weighted by Gasteiger charge is 2.27. The van der Waals surface area contributed by atoms with E-state index in [4.69, 9.17) is 0 Å². The lowest BCUT2D eigenvalue weighted by Crippen LogP contribution is -2.54. The number of rotatable bonds is 5. The lowest BCUT2D eigenvalue weighted by atomic mass is 10.0. The summed E-state index contributed by atoms with van der Waals surface area (Å²) in [5, 5.41) is 3.28. The summed E-state index contributed by atoms with van der Waals surface area (Å²) in [5.74, 6) is 0. The summed E-state index contributed by atoms with van der Waals surface area (Å²) < 4.78 is 28.0. The third-order valence-electron chi connectivity index (χ3n) is 3.01. The Morgan fingerprint density at radius 1 is 1.47 bits per heavy atom. The molecule has 2 unspecified atom stereocenters. The summed E-state index contributed by atoms with van der Waals surface area (Å²) in [6, 6.07) is 0.219. The molecule has 0 aliphatic carbocycles. The van der Waals surface area contributed by atoms with Gasteiger partial charge in [0.2, 0.25) is 0 Å². The molecule has 0 aromatic heterocycles. The molecule has 1 heterocycles. The van der Waals surface area contributed by atoms with Gasteiger partial charge in [-0.05, 0) is 32.7 Å². The highest BCUT2D eigenvalue weighted by Crippen LogP contribution is 2.10. The predicted molar refractivity (Wildman–Crippen MR) is 72.7 cm³/mol. The topological polar surface area (TPSA) is 61.4 Å². The Bertz CT molecular complexity index is 311. The van der Waals surface area contributed by atoms with E-state index in [9.17, 15) is 8.42 Å². The molecule has 0 aromatic carbocycles. The average Bonchev–Trinajstić information content (AvgIpc) is 2.21. The minimum absolute atomic E-state index is 0. The van der Waals surface area contributed by atoms with Crippen molar-refractivity contribution in [1.29, 1.82) is 0 Å². The molecule has 2 N–H and O–H groups in total. The zero-order valence-electron chi connectivity index (χ0n) is 10.8. The zero-order valence-corrected chi connectivity index (χ0v) is 12.4. The van der Waals surface area contributed by atoms with Crippen LogP contribution in [0.25, 0.3) is 0 Å². The molecule has 17 heavy (non-hydrogen) atoms. The summed E-state index contributed by atoms with van der Waals surface area (Å²) in [7, 11) is -1.69. The average molecular weight is 286 g/mol. The Balaban J connectivity index is 0.00000256. The number of nitrogens with one attached hydrogen (secondary N) is 2. The number of hydrogen-bond acceptors (Lipinski definition) is 3. The number of nitrogens with zero attached hydrogens (tertiary/aromatic N) is 1. The van der Waals surface area contributed by atoms with E-state index in [-0.39, 0.29) is 24.5 Å². The predicted octanol–water partition coefficient (Wildman–Crippen LogP) is 0.725. The van der Waals surface area contributed by atoms with Crippen LogP contribution in [0.1, 0.15) is 33.1 Å². The van der Waals surface area contributed by atoms with Crippen molar-refractivity contribution in [3.8, 4) is 0 Å². The van der Waals surface area contributed by atoms with Crippen LogP contribution in [-0.4, -0.2) is 44.9 Å². The third-order valence-corrected chi connectivity index (χ3v) is 4.61. The van der Waals surface area contributed by atoms with Crippen molar-refractivity contribution in [3.05, 3.63) is 0 Å². The molecule has 1 fully saturated rings. The first-order valence-corrected chi connectivity index (χ1v) is 7.38. The van der Waals surface area contributed by atoms with Gasteiger partial charge in [0.05, 0.1) is 0 Å². The van der Waals surface area contributed by atoms with Crippen LogP contribution in [0.4, 0.5) is 0 Å². The van der Waals surface area contributed by atoms with Crippen LogP contribution in [0.3, 0.4) is 0 Å². The van der Waals surface area contributed by atoms with Gasteiger partial charge in [0, 0.05) is 25.7 Å². The molecule has 0 radical (unpaired) electrons. The van der Waals surface area contributed by atoms with Crippen LogP contribution in [-0.2, 0) is 10.2 Å². The van der Waals surface area contributed by atoms with Crippen molar-refractivity contribution in [2.45, 2.75) is 45.2 Å². The SMILES string of the molecule is CCCN(C)S(=O)(=O)NC1CCCNC1C.Cl. The second-order valence-corrected chi connectivity index (χ2v) is 6.25. The van der Waals surface area contributed by atoms with Gasteiger partial charge in [-0.3, -0.25) is 0 Å². The first-order valence-electron chi connectivity index (χ1n) is 5.94. The largest absolute Gasteiger partial charge is 0.313 e. The van der Waals surface area contributed by atoms with E-state index in [1.807, 2.05) is 13.8 Å². The maximum atomic E-state index is 11.9. The van der Waals surface area contributed by atoms with E-state index in [1.54, 1.807) is 7.05 Å². The molecule has 2 atom stereocenters. The zero-order chi connectivity index (χ0) is 12.2. The van der Waals surface area contributed by atoms with Crippen LogP contribution < -0.4 is 10.0 Å². The third kappa shape index (κ3) is 5.09. The Morgan fingerprint density at radius 3 is 2.65 bits per heavy atom. The van der Waals surface area contributed by atoms with Gasteiger partial charge in [0.25, 0.3) is 10.2 Å². The summed E-state index contributed by atoms with van der Waals surface area (Å²) >= 11 is 0. The van der Waals surface area contributed by atoms with E-state index in [2.05, 4.69) is 10.0 Å². The van der Waals surface area contributed by atoms with E-state index in [0.717, 1.165) is 25.8 Å². The highest BCUT2D eigenvalue weighted by atomic mass is 35.5. The smallest absolute Gasteiger partial charge is 0.279 e. The molecule has 7 heteroatoms. The van der Waals surface area contributed by atoms with Gasteiger partial charge in [0.15, 0.2) is 0 Å². The molecule has 5 nitrogen and oxygen atoms in total. The summed E-state index contributed by atoms with van der Waals surface area (Å²) in [4.78, 5) is 0. The van der Waals surface area contributed by atoms with Gasteiger partial charge in [0.1, 0.15) is 0 Å². The van der Waals surface area contributed by atoms with E-state index < -0.39 is 10.2 Å². The number of piperidine rings is 1. The fourth-order valence-corrected chi connectivity index (χ4v) is 3.23. The number of hydrogen-bond donors (Lipinski definition) is 2. The molecule has 1 saturated heterocycles. The molecule has 0 saturated carbocycles. The summed E-state index contributed by atoms with van der Waals surface area (Å²) in [5.41, 5.74) is 0. The quantitative estimate of drug-likeness (QED) is 0.783. The van der Waals surface area contributed by atoms with Gasteiger partial charge >= 0.3 is 0 Å². The second-order valence-electron chi connectivity index (χ2n) is 4.44. The molecular formula is C10H24ClN3O2S. The maximum Gasteiger partial charge on any atom is 0.279 e. The molecule has 1 aliphatic heterocycles. The van der Waals surface area contributed by atoms with Crippen molar-refractivity contribution >= 4 is 22.6 Å². The molecule has 1 aliphatic rings. The minimum atomic E-state index is -3.31. The lowest BCUT2D eigenvalue weighted by molar-refractivity contribution is 0.339. The van der Waals surface area contributed by atoms with Crippen molar-refractivity contribution in [2.24, 2.45) is 0 Å². The van der Waals surface area contributed by atoms with Crippen molar-refractivity contribution in [2.75, 3.05) is 20.1 Å². The van der Waals surface area contributed by atoms with E-state index in [0.29, 0.717) is 6.54 Å². The van der Waals surface area contributed by atoms with E-state index in [1.165, 1.54) is 4.31 Å². The highest BCUT2D eigenvalue weighted by molar-refractivity contribution is 7.87. The summed E-state index contributed by atoms with van der Waals surface area (Å²) in [6.07, 6.45) is 2.76. The normalized spacial score (nSPS) is 25.6. The maximum absolute atomic E-state index is 11.9. The monoisotopic (exact) mass is 285 g/mol. The van der Waals surface area contributed by atoms with Crippen LogP contribution in [0.5, 0.6) is 0 Å². The molecule has 0 spiro atoms. The second kappa shape index (κ2) is 7.53. The summed E-state index contributed by atoms with van der Waals surface area (Å²) in [6.45, 7) is 5.52. The molecule has 0 amide bonds. The molecule has 0 bridgehead atoms. The van der Waals surface area contributed by atoms with Crippen LogP contribution in [0, 0.1) is 0 Å². The van der Waals surface area contributed by atoms with Crippen molar-refractivity contribution in [1.82, 2.24) is 14.3 Å². The Hall–Kier alpha value is 0.120. The van der Waals surface area contributed by atoms with Crippen molar-refractivity contribution < 1.29 is 8.42 Å². The Labute approximate surface area is 111 Å². The van der Waals surface area contributed by atoms with Crippen molar-refractivity contribution in [3.63, 3.8) is 0 Å². The van der Waals surface area contributed by atoms with Crippen LogP contribution in [0.15, 0.2) is 0 Å². The molecule has 104 valence electrons. The van der Waals surface area contributed by atoms with Gasteiger partial charge in [-0.15, -0.1) is 12.4 Å². The van der Waals surface area contributed by atoms with Crippen LogP contribution >= 0.6 is 12.4 Å². The van der Waals surface area contributed by atoms with Gasteiger partial charge in [-0.25, -0.2) is 0 Å². The van der Waals surface area contributed by atoms with Gasteiger partial charge < -0.3 is 5.32 Å². The number of halogens is 1. The Morgan fingerprint density at radius 2 is 2.12 bits per heavy atom. The standard InChI is InChI=1S/C10H23N3O2S.ClH/c1-4-8-13(3)16(14,15)12-10-6-5-7-11-9(10)2;/h9-12H,4-8H2,1-3H3;1H. The lowest BCUT2D eigenvalue weighted by Gasteiger charge is -2.31. The Kier molecular flexibility index (Phi) is 7.58. The molecule has 1 rings (SSSR count). The fourth-order valence-electron chi connectivity index (χ4n) is 1.92. The van der Waals surface area contributed by atoms with Gasteiger partial charge in [-0.2, -0.15) is 17.4 Å². The first kappa shape index (κ1) is 17.1. The fraction of sp³-hybridized carbons (Fsp3) is 1.00. The van der Waals surface area contributed by atoms with E-state index >= 15 is 0 Å². The van der Waals surface area contributed by atoms with Crippen LogP contribution in [0.2, 0.25) is 0 Å². The first-order chi connectivity index (χ1) is 7.47. The van der Waals surface area contributed by atoms with Gasteiger partial charge in [-0.1, -0.05) is 6.92 Å². The molecule has 0 aromatic rings. The molecular weight excluding hydrogens is 262 g/mol. The minimum Gasteiger partial charge on any atom is -0.313 e.